The van der Waals surface area contributed by atoms with Gasteiger partial charge in [0.15, 0.2) is 0 Å². The van der Waals surface area contributed by atoms with E-state index in [0.717, 1.165) is 16.9 Å². The Balaban J connectivity index is 1.76. The van der Waals surface area contributed by atoms with Gasteiger partial charge in [0.2, 0.25) is 10.0 Å². The van der Waals surface area contributed by atoms with Crippen molar-refractivity contribution in [3.63, 3.8) is 0 Å². The lowest BCUT2D eigenvalue weighted by Gasteiger charge is -2.09. The van der Waals surface area contributed by atoms with Gasteiger partial charge in [-0.2, -0.15) is 0 Å². The average molecular weight is 455 g/mol. The summed E-state index contributed by atoms with van der Waals surface area (Å²) in [5.41, 5.74) is 1.65. The number of halogens is 1. The van der Waals surface area contributed by atoms with Crippen LogP contribution in [0.4, 0.5) is 0 Å². The summed E-state index contributed by atoms with van der Waals surface area (Å²) in [6, 6.07) is 12.0. The van der Waals surface area contributed by atoms with Gasteiger partial charge in [-0.3, -0.25) is 9.36 Å². The smallest absolute Gasteiger partial charge is 0.308 e. The predicted octanol–water partition coefficient (Wildman–Crippen LogP) is 3.86. The number of aromatic nitrogens is 1. The molecule has 1 N–H and O–H groups in total. The van der Waals surface area contributed by atoms with Crippen LogP contribution < -0.4 is 9.60 Å². The minimum Gasteiger partial charge on any atom is -0.379 e. The first-order valence-electron chi connectivity index (χ1n) is 9.25. The maximum atomic E-state index is 12.5. The Morgan fingerprint density at radius 1 is 1.17 bits per heavy atom. The number of ether oxygens (including phenoxy) is 1. The van der Waals surface area contributed by atoms with Crippen molar-refractivity contribution >= 4 is 43.2 Å². The normalized spacial score (nSPS) is 12.1. The fourth-order valence-electron chi connectivity index (χ4n) is 2.82. The van der Waals surface area contributed by atoms with Crippen molar-refractivity contribution in [2.45, 2.75) is 37.8 Å². The molecular formula is C20H23ClN2O4S2. The van der Waals surface area contributed by atoms with E-state index in [1.54, 1.807) is 28.8 Å². The van der Waals surface area contributed by atoms with Gasteiger partial charge in [0.25, 0.3) is 0 Å². The molecule has 0 bridgehead atoms. The van der Waals surface area contributed by atoms with E-state index in [-0.39, 0.29) is 15.9 Å². The van der Waals surface area contributed by atoms with Crippen molar-refractivity contribution in [2.75, 3.05) is 13.2 Å². The van der Waals surface area contributed by atoms with E-state index in [1.807, 2.05) is 26.0 Å². The van der Waals surface area contributed by atoms with Crippen LogP contribution in [-0.2, 0) is 21.3 Å². The molecule has 29 heavy (non-hydrogen) atoms. The number of sulfonamides is 1. The number of hydrogen-bond donors (Lipinski definition) is 1. The lowest BCUT2D eigenvalue weighted by molar-refractivity contribution is 0.0778. The molecular weight excluding hydrogens is 432 g/mol. The summed E-state index contributed by atoms with van der Waals surface area (Å²) >= 11 is 6.95. The SMILES string of the molecule is CC(C)OCCCNS(=O)(=O)c1ccc2c(c1)sc(=O)n2Cc1ccc(Cl)cc1. The highest BCUT2D eigenvalue weighted by Crippen LogP contribution is 2.23. The molecule has 0 amide bonds. The van der Waals surface area contributed by atoms with Crippen molar-refractivity contribution in [1.82, 2.24) is 9.29 Å². The summed E-state index contributed by atoms with van der Waals surface area (Å²) in [7, 11) is -3.64. The third-order valence-electron chi connectivity index (χ3n) is 4.27. The largest absolute Gasteiger partial charge is 0.379 e. The van der Waals surface area contributed by atoms with E-state index in [9.17, 15) is 13.2 Å². The van der Waals surface area contributed by atoms with Gasteiger partial charge in [0.05, 0.1) is 27.8 Å². The minimum atomic E-state index is -3.64. The van der Waals surface area contributed by atoms with E-state index >= 15 is 0 Å². The van der Waals surface area contributed by atoms with Gasteiger partial charge in [-0.15, -0.1) is 0 Å². The highest BCUT2D eigenvalue weighted by atomic mass is 35.5. The Morgan fingerprint density at radius 2 is 1.90 bits per heavy atom. The molecule has 0 saturated heterocycles. The number of fused-ring (bicyclic) bond motifs is 1. The fourth-order valence-corrected chi connectivity index (χ4v) is 5.05. The molecule has 0 fully saturated rings. The van der Waals surface area contributed by atoms with Gasteiger partial charge in [-0.05, 0) is 56.2 Å². The molecule has 156 valence electrons. The van der Waals surface area contributed by atoms with Gasteiger partial charge >= 0.3 is 4.87 Å². The molecule has 3 aromatic rings. The number of rotatable bonds is 9. The molecule has 0 unspecified atom stereocenters. The Hall–Kier alpha value is -1.71. The van der Waals surface area contributed by atoms with Crippen LogP contribution in [0.5, 0.6) is 0 Å². The van der Waals surface area contributed by atoms with Crippen LogP contribution in [0, 0.1) is 0 Å². The molecule has 6 nitrogen and oxygen atoms in total. The summed E-state index contributed by atoms with van der Waals surface area (Å²) in [5.74, 6) is 0. The van der Waals surface area contributed by atoms with E-state index in [0.29, 0.717) is 41.4 Å². The Kier molecular flexibility index (Phi) is 7.13. The quantitative estimate of drug-likeness (QED) is 0.498. The molecule has 9 heteroatoms. The van der Waals surface area contributed by atoms with Crippen LogP contribution in [-0.4, -0.2) is 32.2 Å². The van der Waals surface area contributed by atoms with Gasteiger partial charge in [-0.1, -0.05) is 35.1 Å². The molecule has 0 aliphatic carbocycles. The van der Waals surface area contributed by atoms with Crippen molar-refractivity contribution < 1.29 is 13.2 Å². The molecule has 0 aliphatic heterocycles. The third-order valence-corrected chi connectivity index (χ3v) is 6.92. The Bertz CT molecular complexity index is 1140. The summed E-state index contributed by atoms with van der Waals surface area (Å²) in [6.45, 7) is 5.05. The predicted molar refractivity (Wildman–Crippen MR) is 118 cm³/mol. The van der Waals surface area contributed by atoms with Crippen LogP contribution >= 0.6 is 22.9 Å². The number of benzene rings is 2. The van der Waals surface area contributed by atoms with Crippen LogP contribution in [0.15, 0.2) is 52.2 Å². The van der Waals surface area contributed by atoms with Gasteiger partial charge in [0, 0.05) is 18.2 Å². The van der Waals surface area contributed by atoms with Crippen LogP contribution in [0.1, 0.15) is 25.8 Å². The Labute approximate surface area is 179 Å². The monoisotopic (exact) mass is 454 g/mol. The van der Waals surface area contributed by atoms with E-state index in [2.05, 4.69) is 4.72 Å². The molecule has 1 aromatic heterocycles. The zero-order valence-corrected chi connectivity index (χ0v) is 18.6. The van der Waals surface area contributed by atoms with E-state index in [1.165, 1.54) is 6.07 Å². The Morgan fingerprint density at radius 3 is 2.59 bits per heavy atom. The number of thiazole rings is 1. The summed E-state index contributed by atoms with van der Waals surface area (Å²) < 4.78 is 35.3. The van der Waals surface area contributed by atoms with Crippen molar-refractivity contribution in [1.29, 1.82) is 0 Å². The number of nitrogens with zero attached hydrogens (tertiary/aromatic N) is 1. The van der Waals surface area contributed by atoms with Crippen LogP contribution in [0.2, 0.25) is 5.02 Å². The lowest BCUT2D eigenvalue weighted by atomic mass is 10.2. The first-order chi connectivity index (χ1) is 13.8. The first-order valence-corrected chi connectivity index (χ1v) is 11.9. The second-order valence-electron chi connectivity index (χ2n) is 6.88. The van der Waals surface area contributed by atoms with Crippen molar-refractivity contribution in [3.8, 4) is 0 Å². The second-order valence-corrected chi connectivity index (χ2v) is 10.1. The number of hydrogen-bond acceptors (Lipinski definition) is 5. The molecule has 3 rings (SSSR count). The summed E-state index contributed by atoms with van der Waals surface area (Å²) in [4.78, 5) is 12.5. The molecule has 2 aromatic carbocycles. The average Bonchev–Trinajstić information content (AvgIpc) is 2.97. The van der Waals surface area contributed by atoms with E-state index < -0.39 is 10.0 Å². The van der Waals surface area contributed by atoms with Gasteiger partial charge in [-0.25, -0.2) is 13.1 Å². The van der Waals surface area contributed by atoms with Gasteiger partial charge < -0.3 is 4.74 Å². The third kappa shape index (κ3) is 5.67. The zero-order valence-electron chi connectivity index (χ0n) is 16.2. The minimum absolute atomic E-state index is 0.119. The maximum absolute atomic E-state index is 12.5. The zero-order chi connectivity index (χ0) is 21.0. The topological polar surface area (TPSA) is 77.4 Å². The summed E-state index contributed by atoms with van der Waals surface area (Å²) in [5, 5.41) is 0.634. The fraction of sp³-hybridized carbons (Fsp3) is 0.350. The number of nitrogens with one attached hydrogen (secondary N) is 1. The second kappa shape index (κ2) is 9.40. The van der Waals surface area contributed by atoms with E-state index in [4.69, 9.17) is 16.3 Å². The molecule has 0 radical (unpaired) electrons. The molecule has 1 heterocycles. The highest BCUT2D eigenvalue weighted by molar-refractivity contribution is 7.89. The van der Waals surface area contributed by atoms with Crippen LogP contribution in [0.3, 0.4) is 0 Å². The molecule has 0 aliphatic rings. The van der Waals surface area contributed by atoms with Crippen molar-refractivity contribution in [3.05, 3.63) is 62.7 Å². The molecule has 0 spiro atoms. The van der Waals surface area contributed by atoms with Crippen molar-refractivity contribution in [2.24, 2.45) is 0 Å². The van der Waals surface area contributed by atoms with Gasteiger partial charge in [0.1, 0.15) is 0 Å². The lowest BCUT2D eigenvalue weighted by Crippen LogP contribution is -2.25. The molecule has 0 saturated carbocycles. The maximum Gasteiger partial charge on any atom is 0.308 e. The summed E-state index contributed by atoms with van der Waals surface area (Å²) in [6.07, 6.45) is 0.707. The first kappa shape index (κ1) is 22.0. The van der Waals surface area contributed by atoms with Crippen LogP contribution in [0.25, 0.3) is 10.2 Å². The molecule has 0 atom stereocenters. The highest BCUT2D eigenvalue weighted by Gasteiger charge is 2.16. The standard InChI is InChI=1S/C20H23ClN2O4S2/c1-14(2)27-11-3-10-22-29(25,26)17-8-9-18-19(12-17)28-20(24)23(18)13-15-4-6-16(21)7-5-15/h4-9,12,14,22H,3,10-11,13H2,1-2H3.